The Morgan fingerprint density at radius 2 is 2.10 bits per heavy atom. The van der Waals surface area contributed by atoms with E-state index in [1.807, 2.05) is 0 Å². The number of nitro benzene ring substituents is 1. The van der Waals surface area contributed by atoms with Crippen LogP contribution >= 0.6 is 0 Å². The van der Waals surface area contributed by atoms with Crippen LogP contribution in [0, 0.1) is 22.5 Å². The summed E-state index contributed by atoms with van der Waals surface area (Å²) in [4.78, 5) is 32.9. The minimum Gasteiger partial charge on any atom is -0.481 e. The molecule has 1 aromatic rings. The number of carboxylic acid groups (broad SMARTS) is 1. The first-order valence-electron chi connectivity index (χ1n) is 6.37. The second-order valence-corrected chi connectivity index (χ2v) is 5.15. The molecule has 2 amide bonds. The van der Waals surface area contributed by atoms with E-state index in [9.17, 15) is 19.7 Å². The molecule has 1 saturated carbocycles. The monoisotopic (exact) mass is 293 g/mol. The van der Waals surface area contributed by atoms with Crippen LogP contribution in [0.3, 0.4) is 0 Å². The molecular formula is C13H15N3O5. The third kappa shape index (κ3) is 3.28. The van der Waals surface area contributed by atoms with Crippen LogP contribution in [0.2, 0.25) is 0 Å². The number of nitrogens with one attached hydrogen (secondary N) is 2. The minimum atomic E-state index is -0.922. The number of aryl methyl sites for hydroxylation is 1. The Bertz CT molecular complexity index is 610. The highest BCUT2D eigenvalue weighted by Gasteiger charge is 2.50. The molecule has 1 fully saturated rings. The number of carbonyl (C=O) groups is 2. The summed E-state index contributed by atoms with van der Waals surface area (Å²) in [6.45, 7) is 1.65. The van der Waals surface area contributed by atoms with Gasteiger partial charge >= 0.3 is 12.0 Å². The molecule has 1 aliphatic carbocycles. The van der Waals surface area contributed by atoms with Crippen LogP contribution in [0.5, 0.6) is 0 Å². The van der Waals surface area contributed by atoms with Crippen LogP contribution in [0.15, 0.2) is 18.2 Å². The Morgan fingerprint density at radius 1 is 1.43 bits per heavy atom. The molecule has 3 N–H and O–H groups in total. The predicted octanol–water partition coefficient (Wildman–Crippen LogP) is 1.89. The van der Waals surface area contributed by atoms with Crippen molar-refractivity contribution in [1.29, 1.82) is 0 Å². The number of nitrogens with zero attached hydrogens (tertiary/aromatic N) is 1. The number of carboxylic acids is 1. The molecule has 0 unspecified atom stereocenters. The number of carbonyl (C=O) groups excluding carboxylic acids is 1. The summed E-state index contributed by atoms with van der Waals surface area (Å²) in [5.74, 6) is -0.922. The van der Waals surface area contributed by atoms with Gasteiger partial charge in [0.15, 0.2) is 0 Å². The van der Waals surface area contributed by atoms with Gasteiger partial charge in [-0.25, -0.2) is 4.79 Å². The molecule has 1 aliphatic rings. The first kappa shape index (κ1) is 14.8. The molecule has 2 rings (SSSR count). The summed E-state index contributed by atoms with van der Waals surface area (Å²) in [6, 6.07) is 3.76. The second kappa shape index (κ2) is 5.39. The van der Waals surface area contributed by atoms with Crippen LogP contribution < -0.4 is 10.6 Å². The van der Waals surface area contributed by atoms with Gasteiger partial charge < -0.3 is 15.7 Å². The normalized spacial score (nSPS) is 15.1. The molecule has 0 heterocycles. The third-order valence-electron chi connectivity index (χ3n) is 3.56. The maximum absolute atomic E-state index is 11.7. The van der Waals surface area contributed by atoms with Crippen molar-refractivity contribution in [2.24, 2.45) is 5.41 Å². The fraction of sp³-hybridized carbons (Fsp3) is 0.385. The maximum atomic E-state index is 11.7. The molecule has 112 valence electrons. The molecule has 0 saturated heterocycles. The van der Waals surface area contributed by atoms with E-state index in [0.717, 1.165) is 0 Å². The number of hydrogen-bond acceptors (Lipinski definition) is 4. The van der Waals surface area contributed by atoms with E-state index in [4.69, 9.17) is 5.11 Å². The lowest BCUT2D eigenvalue weighted by Gasteiger charge is -2.12. The highest BCUT2D eigenvalue weighted by molar-refractivity contribution is 5.90. The molecule has 8 nitrogen and oxygen atoms in total. The Labute approximate surface area is 120 Å². The standard InChI is InChI=1S/C13H15N3O5/c1-8-2-3-9(6-10(8)16(20)21)15-12(19)14-7-13(4-5-13)11(17)18/h2-3,6H,4-5,7H2,1H3,(H,17,18)(H2,14,15,19). The number of rotatable bonds is 5. The van der Waals surface area contributed by atoms with Crippen LogP contribution in [0.25, 0.3) is 0 Å². The number of aliphatic carboxylic acids is 1. The van der Waals surface area contributed by atoms with Crippen molar-refractivity contribution in [3.8, 4) is 0 Å². The largest absolute Gasteiger partial charge is 0.481 e. The average molecular weight is 293 g/mol. The van der Waals surface area contributed by atoms with Crippen molar-refractivity contribution in [3.63, 3.8) is 0 Å². The van der Waals surface area contributed by atoms with Crippen molar-refractivity contribution in [3.05, 3.63) is 33.9 Å². The first-order valence-corrected chi connectivity index (χ1v) is 6.37. The maximum Gasteiger partial charge on any atom is 0.319 e. The van der Waals surface area contributed by atoms with E-state index in [-0.39, 0.29) is 17.9 Å². The minimum absolute atomic E-state index is 0.0438. The van der Waals surface area contributed by atoms with Crippen molar-refractivity contribution >= 4 is 23.4 Å². The highest BCUT2D eigenvalue weighted by Crippen LogP contribution is 2.45. The topological polar surface area (TPSA) is 122 Å². The van der Waals surface area contributed by atoms with Crippen LogP contribution in [0.1, 0.15) is 18.4 Å². The Kier molecular flexibility index (Phi) is 3.79. The van der Waals surface area contributed by atoms with Gasteiger partial charge in [0.2, 0.25) is 0 Å². The van der Waals surface area contributed by atoms with Crippen LogP contribution in [-0.2, 0) is 4.79 Å². The summed E-state index contributed by atoms with van der Waals surface area (Å²) in [5.41, 5.74) is -0.160. The van der Waals surface area contributed by atoms with Crippen molar-refractivity contribution < 1.29 is 19.6 Å². The fourth-order valence-corrected chi connectivity index (χ4v) is 1.93. The quantitative estimate of drug-likeness (QED) is 0.565. The number of nitro groups is 1. The number of amides is 2. The van der Waals surface area contributed by atoms with Gasteiger partial charge in [0.05, 0.1) is 10.3 Å². The molecule has 0 bridgehead atoms. The van der Waals surface area contributed by atoms with E-state index in [1.165, 1.54) is 12.1 Å². The Balaban J connectivity index is 1.95. The molecule has 0 atom stereocenters. The summed E-state index contributed by atoms with van der Waals surface area (Å²) >= 11 is 0. The van der Waals surface area contributed by atoms with Crippen molar-refractivity contribution in [2.75, 3.05) is 11.9 Å². The molecule has 0 spiro atoms. The fourth-order valence-electron chi connectivity index (χ4n) is 1.93. The molecular weight excluding hydrogens is 278 g/mol. The zero-order chi connectivity index (χ0) is 15.6. The highest BCUT2D eigenvalue weighted by atomic mass is 16.6. The molecule has 8 heteroatoms. The Morgan fingerprint density at radius 3 is 2.62 bits per heavy atom. The lowest BCUT2D eigenvalue weighted by molar-refractivity contribution is -0.385. The van der Waals surface area contributed by atoms with Gasteiger partial charge in [-0.3, -0.25) is 14.9 Å². The van der Waals surface area contributed by atoms with Gasteiger partial charge in [-0.1, -0.05) is 6.07 Å². The van der Waals surface area contributed by atoms with E-state index in [2.05, 4.69) is 10.6 Å². The van der Waals surface area contributed by atoms with Gasteiger partial charge in [-0.05, 0) is 25.8 Å². The average Bonchev–Trinajstić information content (AvgIpc) is 3.19. The van der Waals surface area contributed by atoms with E-state index in [0.29, 0.717) is 18.4 Å². The van der Waals surface area contributed by atoms with Gasteiger partial charge in [0.1, 0.15) is 0 Å². The smallest absolute Gasteiger partial charge is 0.319 e. The van der Waals surface area contributed by atoms with Gasteiger partial charge in [0.25, 0.3) is 5.69 Å². The Hall–Kier alpha value is -2.64. The van der Waals surface area contributed by atoms with Gasteiger partial charge in [-0.2, -0.15) is 0 Å². The number of benzene rings is 1. The summed E-state index contributed by atoms with van der Waals surface area (Å²) < 4.78 is 0. The lowest BCUT2D eigenvalue weighted by Crippen LogP contribution is -2.36. The second-order valence-electron chi connectivity index (χ2n) is 5.15. The zero-order valence-corrected chi connectivity index (χ0v) is 11.4. The number of urea groups is 1. The van der Waals surface area contributed by atoms with E-state index >= 15 is 0 Å². The third-order valence-corrected chi connectivity index (χ3v) is 3.56. The predicted molar refractivity (Wildman–Crippen MR) is 74.2 cm³/mol. The number of hydrogen-bond donors (Lipinski definition) is 3. The molecule has 1 aromatic carbocycles. The summed E-state index contributed by atoms with van der Waals surface area (Å²) in [6.07, 6.45) is 1.08. The van der Waals surface area contributed by atoms with Crippen molar-refractivity contribution in [1.82, 2.24) is 5.32 Å². The molecule has 0 aromatic heterocycles. The molecule has 21 heavy (non-hydrogen) atoms. The number of anilines is 1. The van der Waals surface area contributed by atoms with Gasteiger partial charge in [0, 0.05) is 23.9 Å². The molecule has 0 radical (unpaired) electrons. The lowest BCUT2D eigenvalue weighted by atomic mass is 10.1. The summed E-state index contributed by atoms with van der Waals surface area (Å²) in [7, 11) is 0. The summed E-state index contributed by atoms with van der Waals surface area (Å²) in [5, 5.41) is 24.7. The molecule has 0 aliphatic heterocycles. The van der Waals surface area contributed by atoms with Gasteiger partial charge in [-0.15, -0.1) is 0 Å². The van der Waals surface area contributed by atoms with Crippen LogP contribution in [-0.4, -0.2) is 28.6 Å². The SMILES string of the molecule is Cc1ccc(NC(=O)NCC2(C(=O)O)CC2)cc1[N+](=O)[O-]. The zero-order valence-electron chi connectivity index (χ0n) is 11.4. The van der Waals surface area contributed by atoms with Crippen molar-refractivity contribution in [2.45, 2.75) is 19.8 Å². The first-order chi connectivity index (χ1) is 9.84. The van der Waals surface area contributed by atoms with Crippen LogP contribution in [0.4, 0.5) is 16.2 Å². The van der Waals surface area contributed by atoms with E-state index < -0.39 is 22.3 Å². The van der Waals surface area contributed by atoms with E-state index in [1.54, 1.807) is 13.0 Å².